The molecule has 1 aliphatic carbocycles. The number of hydrogen-bond donors (Lipinski definition) is 1. The van der Waals surface area contributed by atoms with Crippen LogP contribution in [0.25, 0.3) is 0 Å². The summed E-state index contributed by atoms with van der Waals surface area (Å²) in [4.78, 5) is 2.74. The molecule has 17 heavy (non-hydrogen) atoms. The van der Waals surface area contributed by atoms with Gasteiger partial charge in [-0.1, -0.05) is 12.8 Å². The summed E-state index contributed by atoms with van der Waals surface area (Å²) in [5, 5.41) is 3.43. The van der Waals surface area contributed by atoms with Gasteiger partial charge in [-0.15, -0.1) is 11.3 Å². The summed E-state index contributed by atoms with van der Waals surface area (Å²) >= 11 is 5.39. The van der Waals surface area contributed by atoms with Crippen molar-refractivity contribution in [3.63, 3.8) is 0 Å². The Morgan fingerprint density at radius 3 is 2.88 bits per heavy atom. The van der Waals surface area contributed by atoms with Gasteiger partial charge in [0, 0.05) is 27.3 Å². The maximum atomic E-state index is 5.80. The summed E-state index contributed by atoms with van der Waals surface area (Å²) in [6, 6.07) is 2.20. The molecule has 0 radical (unpaired) electrons. The standard InChI is InChI=1S/C13H20BrNOS/c1-10-13(14)8-12(17-10)9-15-6-7-16-11-4-2-3-5-11/h8,11,15H,2-7,9H2,1H3. The average molecular weight is 318 g/mol. The van der Waals surface area contributed by atoms with Crippen LogP contribution in [-0.4, -0.2) is 19.3 Å². The number of thiophene rings is 1. The first kappa shape index (κ1) is 13.5. The van der Waals surface area contributed by atoms with Crippen molar-refractivity contribution in [3.05, 3.63) is 20.3 Å². The van der Waals surface area contributed by atoms with E-state index in [-0.39, 0.29) is 0 Å². The van der Waals surface area contributed by atoms with Crippen molar-refractivity contribution < 1.29 is 4.74 Å². The number of nitrogens with one attached hydrogen (secondary N) is 1. The SMILES string of the molecule is Cc1sc(CNCCOC2CCCC2)cc1Br. The summed E-state index contributed by atoms with van der Waals surface area (Å²) in [7, 11) is 0. The minimum absolute atomic E-state index is 0.537. The Kier molecular flexibility index (Phi) is 5.48. The minimum atomic E-state index is 0.537. The summed E-state index contributed by atoms with van der Waals surface area (Å²) in [5.74, 6) is 0. The van der Waals surface area contributed by atoms with E-state index in [1.54, 1.807) is 0 Å². The number of aryl methyl sites for hydroxylation is 1. The fraction of sp³-hybridized carbons (Fsp3) is 0.692. The maximum Gasteiger partial charge on any atom is 0.0594 e. The predicted molar refractivity (Wildman–Crippen MR) is 76.7 cm³/mol. The molecule has 96 valence electrons. The Morgan fingerprint density at radius 1 is 1.47 bits per heavy atom. The zero-order valence-electron chi connectivity index (χ0n) is 10.3. The topological polar surface area (TPSA) is 21.3 Å². The van der Waals surface area contributed by atoms with Crippen LogP contribution in [0.3, 0.4) is 0 Å². The third-order valence-electron chi connectivity index (χ3n) is 3.14. The molecule has 0 bridgehead atoms. The van der Waals surface area contributed by atoms with Gasteiger partial charge in [-0.25, -0.2) is 0 Å². The second kappa shape index (κ2) is 6.88. The monoisotopic (exact) mass is 317 g/mol. The van der Waals surface area contributed by atoms with Gasteiger partial charge in [0.1, 0.15) is 0 Å². The molecule has 2 rings (SSSR count). The van der Waals surface area contributed by atoms with Crippen molar-refractivity contribution in [2.75, 3.05) is 13.2 Å². The second-order valence-corrected chi connectivity index (χ2v) is 6.77. The highest BCUT2D eigenvalue weighted by atomic mass is 79.9. The Labute approximate surface area is 116 Å². The van der Waals surface area contributed by atoms with Gasteiger partial charge in [0.15, 0.2) is 0 Å². The van der Waals surface area contributed by atoms with E-state index >= 15 is 0 Å². The van der Waals surface area contributed by atoms with Crippen LogP contribution in [-0.2, 0) is 11.3 Å². The molecule has 1 aromatic rings. The Hall–Kier alpha value is 0.100. The molecule has 1 heterocycles. The molecular weight excluding hydrogens is 298 g/mol. The molecule has 4 heteroatoms. The summed E-state index contributed by atoms with van der Waals surface area (Å²) in [6.07, 6.45) is 5.75. The van der Waals surface area contributed by atoms with Crippen molar-refractivity contribution in [2.24, 2.45) is 0 Å². The summed E-state index contributed by atoms with van der Waals surface area (Å²) < 4.78 is 7.03. The van der Waals surface area contributed by atoms with Gasteiger partial charge < -0.3 is 10.1 Å². The number of rotatable bonds is 6. The summed E-state index contributed by atoms with van der Waals surface area (Å²) in [6.45, 7) is 4.88. The first-order valence-corrected chi connectivity index (χ1v) is 7.94. The third kappa shape index (κ3) is 4.36. The molecule has 1 aliphatic rings. The van der Waals surface area contributed by atoms with E-state index in [1.165, 1.54) is 39.9 Å². The largest absolute Gasteiger partial charge is 0.377 e. The van der Waals surface area contributed by atoms with E-state index in [9.17, 15) is 0 Å². The number of halogens is 1. The zero-order chi connectivity index (χ0) is 12.1. The molecule has 0 saturated heterocycles. The van der Waals surface area contributed by atoms with Crippen molar-refractivity contribution in [2.45, 2.75) is 45.3 Å². The molecule has 0 aliphatic heterocycles. The van der Waals surface area contributed by atoms with Crippen LogP contribution in [0.4, 0.5) is 0 Å². The molecule has 2 nitrogen and oxygen atoms in total. The van der Waals surface area contributed by atoms with Crippen LogP contribution in [0.2, 0.25) is 0 Å². The van der Waals surface area contributed by atoms with E-state index in [2.05, 4.69) is 34.2 Å². The normalized spacial score (nSPS) is 16.8. The first-order chi connectivity index (χ1) is 8.25. The van der Waals surface area contributed by atoms with E-state index in [0.29, 0.717) is 6.10 Å². The zero-order valence-corrected chi connectivity index (χ0v) is 12.7. The fourth-order valence-corrected chi connectivity index (χ4v) is 3.74. The molecule has 1 saturated carbocycles. The molecule has 0 aromatic carbocycles. The molecule has 1 N–H and O–H groups in total. The lowest BCUT2D eigenvalue weighted by molar-refractivity contribution is 0.0603. The quantitative estimate of drug-likeness (QED) is 0.804. The van der Waals surface area contributed by atoms with Gasteiger partial charge in [0.25, 0.3) is 0 Å². The predicted octanol–water partition coefficient (Wildman–Crippen LogP) is 3.87. The highest BCUT2D eigenvalue weighted by molar-refractivity contribution is 9.10. The van der Waals surface area contributed by atoms with Crippen LogP contribution in [0.1, 0.15) is 35.4 Å². The number of ether oxygens (including phenoxy) is 1. The molecule has 0 amide bonds. The second-order valence-electron chi connectivity index (χ2n) is 4.57. The highest BCUT2D eigenvalue weighted by Crippen LogP contribution is 2.26. The smallest absolute Gasteiger partial charge is 0.0594 e. The summed E-state index contributed by atoms with van der Waals surface area (Å²) in [5.41, 5.74) is 0. The van der Waals surface area contributed by atoms with Crippen molar-refractivity contribution in [1.82, 2.24) is 5.32 Å². The minimum Gasteiger partial charge on any atom is -0.377 e. The van der Waals surface area contributed by atoms with E-state index in [4.69, 9.17) is 4.74 Å². The number of hydrogen-bond acceptors (Lipinski definition) is 3. The van der Waals surface area contributed by atoms with Crippen LogP contribution in [0, 0.1) is 6.92 Å². The lowest BCUT2D eigenvalue weighted by Crippen LogP contribution is -2.21. The molecule has 1 aromatic heterocycles. The van der Waals surface area contributed by atoms with Gasteiger partial charge in [-0.05, 0) is 41.8 Å². The Balaban J connectivity index is 1.56. The van der Waals surface area contributed by atoms with Crippen molar-refractivity contribution in [1.29, 1.82) is 0 Å². The Morgan fingerprint density at radius 2 is 2.24 bits per heavy atom. The van der Waals surface area contributed by atoms with Crippen LogP contribution in [0.15, 0.2) is 10.5 Å². The van der Waals surface area contributed by atoms with Crippen LogP contribution in [0.5, 0.6) is 0 Å². The van der Waals surface area contributed by atoms with Gasteiger partial charge in [0.2, 0.25) is 0 Å². The van der Waals surface area contributed by atoms with Crippen LogP contribution >= 0.6 is 27.3 Å². The fourth-order valence-electron chi connectivity index (χ4n) is 2.17. The third-order valence-corrected chi connectivity index (χ3v) is 5.28. The van der Waals surface area contributed by atoms with Crippen molar-refractivity contribution >= 4 is 27.3 Å². The molecule has 1 fully saturated rings. The molecule has 0 atom stereocenters. The average Bonchev–Trinajstić information content (AvgIpc) is 2.90. The van der Waals surface area contributed by atoms with E-state index in [0.717, 1.165) is 19.7 Å². The van der Waals surface area contributed by atoms with Gasteiger partial charge in [-0.3, -0.25) is 0 Å². The van der Waals surface area contributed by atoms with Gasteiger partial charge in [-0.2, -0.15) is 0 Å². The first-order valence-electron chi connectivity index (χ1n) is 6.33. The molecule has 0 spiro atoms. The highest BCUT2D eigenvalue weighted by Gasteiger charge is 2.14. The lowest BCUT2D eigenvalue weighted by atomic mass is 10.3. The molecule has 0 unspecified atom stereocenters. The van der Waals surface area contributed by atoms with Gasteiger partial charge in [0.05, 0.1) is 12.7 Å². The van der Waals surface area contributed by atoms with E-state index in [1.807, 2.05) is 11.3 Å². The van der Waals surface area contributed by atoms with E-state index < -0.39 is 0 Å². The van der Waals surface area contributed by atoms with Crippen LogP contribution < -0.4 is 5.32 Å². The molecular formula is C13H20BrNOS. The van der Waals surface area contributed by atoms with Gasteiger partial charge >= 0.3 is 0 Å². The maximum absolute atomic E-state index is 5.80. The lowest BCUT2D eigenvalue weighted by Gasteiger charge is -2.10. The van der Waals surface area contributed by atoms with Crippen molar-refractivity contribution in [3.8, 4) is 0 Å². The Bertz CT molecular complexity index is 328.